The number of carbonyl (C=O) groups excluding carboxylic acids is 2. The molecule has 0 saturated carbocycles. The average molecular weight is 356 g/mol. The van der Waals surface area contributed by atoms with Gasteiger partial charge in [-0.1, -0.05) is 18.2 Å². The fourth-order valence-electron chi connectivity index (χ4n) is 1.86. The lowest BCUT2D eigenvalue weighted by molar-refractivity contribution is -0.144. The highest BCUT2D eigenvalue weighted by Crippen LogP contribution is 2.14. The summed E-state index contributed by atoms with van der Waals surface area (Å²) in [5.74, 6) is -0.603. The molecule has 128 valence electrons. The molecule has 25 heavy (non-hydrogen) atoms. The predicted molar refractivity (Wildman–Crippen MR) is 93.7 cm³/mol. The van der Waals surface area contributed by atoms with Crippen LogP contribution < -0.4 is 10.1 Å². The fraction of sp³-hybridized carbons (Fsp3) is 0.167. The lowest BCUT2D eigenvalue weighted by atomic mass is 10.1. The standard InChI is InChI=1S/C18H16N2O4S/c1-23-15-6-4-13(5-7-15)9-14(10-19)18(22)24-12-17(21)20-11-16-3-2-8-25-16/h2-9H,11-12H2,1H3,(H,20,21)/b14-9+. The van der Waals surface area contributed by atoms with Gasteiger partial charge in [0.05, 0.1) is 13.7 Å². The number of esters is 1. The van der Waals surface area contributed by atoms with Crippen molar-refractivity contribution in [2.75, 3.05) is 13.7 Å². The van der Waals surface area contributed by atoms with E-state index in [0.717, 1.165) is 4.88 Å². The molecule has 1 N–H and O–H groups in total. The van der Waals surface area contributed by atoms with E-state index in [4.69, 9.17) is 14.7 Å². The Bertz CT molecular complexity index is 789. The number of carbonyl (C=O) groups is 2. The van der Waals surface area contributed by atoms with E-state index in [1.54, 1.807) is 37.4 Å². The smallest absolute Gasteiger partial charge is 0.349 e. The topological polar surface area (TPSA) is 88.4 Å². The zero-order valence-electron chi connectivity index (χ0n) is 13.5. The molecule has 0 saturated heterocycles. The second-order valence-corrected chi connectivity index (χ2v) is 5.91. The Labute approximate surface area is 149 Å². The van der Waals surface area contributed by atoms with Crippen LogP contribution in [0.1, 0.15) is 10.4 Å². The molecule has 1 amide bonds. The largest absolute Gasteiger partial charge is 0.497 e. The first-order valence-corrected chi connectivity index (χ1v) is 8.22. The summed E-state index contributed by atoms with van der Waals surface area (Å²) in [5, 5.41) is 13.7. The van der Waals surface area contributed by atoms with Crippen molar-refractivity contribution in [1.29, 1.82) is 5.26 Å². The molecule has 0 aliphatic heterocycles. The van der Waals surface area contributed by atoms with Gasteiger partial charge in [0.25, 0.3) is 5.91 Å². The Morgan fingerprint density at radius 2 is 2.04 bits per heavy atom. The van der Waals surface area contributed by atoms with E-state index in [-0.39, 0.29) is 5.57 Å². The monoisotopic (exact) mass is 356 g/mol. The summed E-state index contributed by atoms with van der Waals surface area (Å²) in [6.07, 6.45) is 1.39. The van der Waals surface area contributed by atoms with E-state index in [9.17, 15) is 9.59 Å². The molecule has 1 aromatic heterocycles. The first-order valence-electron chi connectivity index (χ1n) is 7.34. The maximum Gasteiger partial charge on any atom is 0.349 e. The molecular formula is C18H16N2O4S. The normalized spacial score (nSPS) is 10.6. The van der Waals surface area contributed by atoms with Crippen LogP contribution in [0.3, 0.4) is 0 Å². The summed E-state index contributed by atoms with van der Waals surface area (Å²) in [6.45, 7) is -0.0628. The second-order valence-electron chi connectivity index (χ2n) is 4.88. The first kappa shape index (κ1) is 18.2. The minimum absolute atomic E-state index is 0.184. The van der Waals surface area contributed by atoms with Crippen molar-refractivity contribution >= 4 is 29.3 Å². The lowest BCUT2D eigenvalue weighted by Crippen LogP contribution is -2.28. The molecule has 1 heterocycles. The fourth-order valence-corrected chi connectivity index (χ4v) is 2.51. The van der Waals surface area contributed by atoms with Crippen molar-refractivity contribution in [3.8, 4) is 11.8 Å². The van der Waals surface area contributed by atoms with Crippen molar-refractivity contribution < 1.29 is 19.1 Å². The Balaban J connectivity index is 1.87. The predicted octanol–water partition coefficient (Wildman–Crippen LogP) is 2.52. The minimum atomic E-state index is -0.843. The minimum Gasteiger partial charge on any atom is -0.497 e. The van der Waals surface area contributed by atoms with Gasteiger partial charge in [-0.3, -0.25) is 4.79 Å². The van der Waals surface area contributed by atoms with Gasteiger partial charge < -0.3 is 14.8 Å². The molecule has 7 heteroatoms. The molecule has 2 aromatic rings. The summed E-state index contributed by atoms with van der Waals surface area (Å²) in [6, 6.07) is 12.4. The first-order chi connectivity index (χ1) is 12.1. The summed E-state index contributed by atoms with van der Waals surface area (Å²) in [5.41, 5.74) is 0.465. The Morgan fingerprint density at radius 3 is 2.64 bits per heavy atom. The van der Waals surface area contributed by atoms with E-state index >= 15 is 0 Å². The van der Waals surface area contributed by atoms with E-state index in [0.29, 0.717) is 17.9 Å². The molecule has 0 aliphatic carbocycles. The molecule has 6 nitrogen and oxygen atoms in total. The summed E-state index contributed by atoms with van der Waals surface area (Å²) in [7, 11) is 1.55. The van der Waals surface area contributed by atoms with Crippen molar-refractivity contribution in [2.24, 2.45) is 0 Å². The van der Waals surface area contributed by atoms with E-state index in [2.05, 4.69) is 5.32 Å². The van der Waals surface area contributed by atoms with E-state index in [1.807, 2.05) is 17.5 Å². The Kier molecular flexibility index (Phi) is 6.75. The molecule has 0 bridgehead atoms. The van der Waals surface area contributed by atoms with Crippen molar-refractivity contribution in [2.45, 2.75) is 6.54 Å². The summed E-state index contributed by atoms with van der Waals surface area (Å²) in [4.78, 5) is 24.6. The van der Waals surface area contributed by atoms with Crippen LogP contribution in [0.5, 0.6) is 5.75 Å². The number of ether oxygens (including phenoxy) is 2. The molecule has 0 spiro atoms. The van der Waals surface area contributed by atoms with Gasteiger partial charge in [-0.2, -0.15) is 5.26 Å². The molecule has 0 fully saturated rings. The van der Waals surface area contributed by atoms with Crippen LogP contribution >= 0.6 is 11.3 Å². The quantitative estimate of drug-likeness (QED) is 0.468. The molecule has 0 atom stereocenters. The van der Waals surface area contributed by atoms with Crippen LogP contribution in [0.15, 0.2) is 47.4 Å². The Morgan fingerprint density at radius 1 is 1.28 bits per heavy atom. The van der Waals surface area contributed by atoms with Crippen LogP contribution in [0.25, 0.3) is 6.08 Å². The highest BCUT2D eigenvalue weighted by Gasteiger charge is 2.13. The van der Waals surface area contributed by atoms with Crippen LogP contribution in [0.2, 0.25) is 0 Å². The van der Waals surface area contributed by atoms with Crippen LogP contribution in [0, 0.1) is 11.3 Å². The van der Waals surface area contributed by atoms with Crippen LogP contribution in [0.4, 0.5) is 0 Å². The Hall–Kier alpha value is -3.11. The van der Waals surface area contributed by atoms with Gasteiger partial charge in [0.2, 0.25) is 0 Å². The third-order valence-corrected chi connectivity index (χ3v) is 4.02. The third kappa shape index (κ3) is 5.79. The van der Waals surface area contributed by atoms with Crippen molar-refractivity contribution in [1.82, 2.24) is 5.32 Å². The zero-order valence-corrected chi connectivity index (χ0v) is 14.3. The van der Waals surface area contributed by atoms with Gasteiger partial charge in [-0.15, -0.1) is 11.3 Å². The number of benzene rings is 1. The molecule has 0 unspecified atom stereocenters. The SMILES string of the molecule is COc1ccc(/C=C(\C#N)C(=O)OCC(=O)NCc2cccs2)cc1. The number of thiophene rings is 1. The van der Waals surface area contributed by atoms with Crippen LogP contribution in [-0.2, 0) is 20.9 Å². The maximum absolute atomic E-state index is 11.9. The van der Waals surface area contributed by atoms with Gasteiger partial charge in [0, 0.05) is 4.88 Å². The van der Waals surface area contributed by atoms with Crippen molar-refractivity contribution in [3.63, 3.8) is 0 Å². The van der Waals surface area contributed by atoms with E-state index < -0.39 is 18.5 Å². The number of hydrogen-bond acceptors (Lipinski definition) is 6. The molecule has 1 aromatic carbocycles. The third-order valence-electron chi connectivity index (χ3n) is 3.14. The summed E-state index contributed by atoms with van der Waals surface area (Å²) < 4.78 is 9.92. The number of nitrogens with zero attached hydrogens (tertiary/aromatic N) is 1. The zero-order chi connectivity index (χ0) is 18.1. The molecule has 2 rings (SSSR count). The van der Waals surface area contributed by atoms with E-state index in [1.165, 1.54) is 17.4 Å². The summed E-state index contributed by atoms with van der Waals surface area (Å²) >= 11 is 1.52. The lowest BCUT2D eigenvalue weighted by Gasteiger charge is -2.05. The van der Waals surface area contributed by atoms with Gasteiger partial charge in [0.15, 0.2) is 6.61 Å². The van der Waals surface area contributed by atoms with Gasteiger partial charge in [-0.05, 0) is 35.2 Å². The van der Waals surface area contributed by atoms with Gasteiger partial charge >= 0.3 is 5.97 Å². The number of rotatable bonds is 7. The molecule has 0 radical (unpaired) electrons. The molecule has 0 aliphatic rings. The highest BCUT2D eigenvalue weighted by molar-refractivity contribution is 7.09. The number of nitrogens with one attached hydrogen (secondary N) is 1. The van der Waals surface area contributed by atoms with Crippen LogP contribution in [-0.4, -0.2) is 25.6 Å². The average Bonchev–Trinajstić information content (AvgIpc) is 3.16. The highest BCUT2D eigenvalue weighted by atomic mass is 32.1. The van der Waals surface area contributed by atoms with Crippen molar-refractivity contribution in [3.05, 3.63) is 57.8 Å². The second kappa shape index (κ2) is 9.25. The van der Waals surface area contributed by atoms with Gasteiger partial charge in [0.1, 0.15) is 17.4 Å². The maximum atomic E-state index is 11.9. The number of methoxy groups -OCH3 is 1. The number of amides is 1. The molecular weight excluding hydrogens is 340 g/mol. The van der Waals surface area contributed by atoms with Gasteiger partial charge in [-0.25, -0.2) is 4.79 Å². The number of hydrogen-bond donors (Lipinski definition) is 1. The number of nitriles is 1.